The number of fused-ring (bicyclic) bond motifs is 1. The number of benzene rings is 2. The molecule has 4 rings (SSSR count). The van der Waals surface area contributed by atoms with E-state index in [1.54, 1.807) is 30.5 Å². The van der Waals surface area contributed by atoms with Gasteiger partial charge in [0.1, 0.15) is 10.7 Å². The molecular weight excluding hydrogens is 413 g/mol. The molecule has 1 fully saturated rings. The maximum atomic E-state index is 14.0. The van der Waals surface area contributed by atoms with Crippen molar-refractivity contribution in [3.8, 4) is 0 Å². The van der Waals surface area contributed by atoms with E-state index in [4.69, 9.17) is 11.6 Å². The minimum absolute atomic E-state index is 0.223. The van der Waals surface area contributed by atoms with Gasteiger partial charge in [-0.1, -0.05) is 29.8 Å². The molecule has 0 N–H and O–H groups in total. The van der Waals surface area contributed by atoms with Gasteiger partial charge in [0.2, 0.25) is 10.0 Å². The van der Waals surface area contributed by atoms with Crippen molar-refractivity contribution in [3.63, 3.8) is 0 Å². The number of halogens is 2. The lowest BCUT2D eigenvalue weighted by atomic mass is 10.2. The fourth-order valence-electron chi connectivity index (χ4n) is 3.63. The van der Waals surface area contributed by atoms with E-state index in [1.165, 1.54) is 10.4 Å². The van der Waals surface area contributed by atoms with Crippen LogP contribution >= 0.6 is 11.6 Å². The molecule has 1 aliphatic rings. The van der Waals surface area contributed by atoms with Gasteiger partial charge in [0.15, 0.2) is 0 Å². The fraction of sp³-hybridized carbons (Fsp3) is 0.286. The zero-order valence-electron chi connectivity index (χ0n) is 16.0. The molecule has 152 valence electrons. The van der Waals surface area contributed by atoms with Crippen LogP contribution in [0.3, 0.4) is 0 Å². The van der Waals surface area contributed by atoms with Crippen molar-refractivity contribution in [3.05, 3.63) is 70.6 Å². The largest absolute Gasteiger partial charge is 0.296 e. The summed E-state index contributed by atoms with van der Waals surface area (Å²) in [6.45, 7) is 3.94. The van der Waals surface area contributed by atoms with E-state index in [-0.39, 0.29) is 10.7 Å². The van der Waals surface area contributed by atoms with E-state index < -0.39 is 10.0 Å². The molecule has 1 aromatic heterocycles. The van der Waals surface area contributed by atoms with Crippen molar-refractivity contribution in [2.75, 3.05) is 26.2 Å². The fourth-order valence-corrected chi connectivity index (χ4v) is 5.44. The highest BCUT2D eigenvalue weighted by Gasteiger charge is 2.30. The third kappa shape index (κ3) is 4.00. The van der Waals surface area contributed by atoms with Crippen LogP contribution in [-0.2, 0) is 16.6 Å². The first-order valence-corrected chi connectivity index (χ1v) is 11.2. The summed E-state index contributed by atoms with van der Waals surface area (Å²) >= 11 is 6.12. The Kier molecular flexibility index (Phi) is 5.57. The summed E-state index contributed by atoms with van der Waals surface area (Å²) in [7, 11) is -3.67. The van der Waals surface area contributed by atoms with Gasteiger partial charge >= 0.3 is 0 Å². The van der Waals surface area contributed by atoms with E-state index in [0.717, 1.165) is 10.9 Å². The predicted octanol–water partition coefficient (Wildman–Crippen LogP) is 3.84. The van der Waals surface area contributed by atoms with Crippen LogP contribution in [0.1, 0.15) is 11.1 Å². The highest BCUT2D eigenvalue weighted by molar-refractivity contribution is 7.89. The topological polar surface area (TPSA) is 53.5 Å². The monoisotopic (exact) mass is 433 g/mol. The van der Waals surface area contributed by atoms with Gasteiger partial charge in [0.25, 0.3) is 0 Å². The predicted molar refractivity (Wildman–Crippen MR) is 112 cm³/mol. The van der Waals surface area contributed by atoms with Crippen molar-refractivity contribution in [2.45, 2.75) is 18.4 Å². The molecule has 29 heavy (non-hydrogen) atoms. The van der Waals surface area contributed by atoms with Gasteiger partial charge in [0, 0.05) is 54.9 Å². The van der Waals surface area contributed by atoms with Gasteiger partial charge in [-0.3, -0.25) is 9.88 Å². The molecule has 0 saturated carbocycles. The van der Waals surface area contributed by atoms with Gasteiger partial charge in [0.05, 0.1) is 5.52 Å². The summed E-state index contributed by atoms with van der Waals surface area (Å²) in [5, 5.41) is 1.19. The first-order valence-electron chi connectivity index (χ1n) is 9.37. The lowest BCUT2D eigenvalue weighted by Crippen LogP contribution is -2.48. The summed E-state index contributed by atoms with van der Waals surface area (Å²) in [5.41, 5.74) is 1.91. The van der Waals surface area contributed by atoms with E-state index in [9.17, 15) is 12.8 Å². The number of pyridine rings is 1. The third-order valence-electron chi connectivity index (χ3n) is 5.20. The molecular formula is C21H21ClFN3O2S. The SMILES string of the molecule is Cc1cnc2c(S(=O)(=O)N3CCN(Cc4c(F)cccc4Cl)CC3)cccc2c1. The van der Waals surface area contributed by atoms with E-state index in [2.05, 4.69) is 4.98 Å². The van der Waals surface area contributed by atoms with Crippen molar-refractivity contribution < 1.29 is 12.8 Å². The molecule has 1 aliphatic heterocycles. The number of piperazine rings is 1. The van der Waals surface area contributed by atoms with Crippen LogP contribution in [0.15, 0.2) is 53.6 Å². The summed E-state index contributed by atoms with van der Waals surface area (Å²) in [6.07, 6.45) is 1.68. The molecule has 0 amide bonds. The number of para-hydroxylation sites is 1. The Labute approximate surface area is 174 Å². The number of hydrogen-bond donors (Lipinski definition) is 0. The maximum absolute atomic E-state index is 14.0. The van der Waals surface area contributed by atoms with Crippen molar-refractivity contribution in [1.29, 1.82) is 0 Å². The van der Waals surface area contributed by atoms with Gasteiger partial charge in [-0.05, 0) is 36.8 Å². The molecule has 2 aromatic carbocycles. The first-order chi connectivity index (χ1) is 13.9. The van der Waals surface area contributed by atoms with Crippen LogP contribution in [0.5, 0.6) is 0 Å². The average Bonchev–Trinajstić information content (AvgIpc) is 2.70. The Bertz CT molecular complexity index is 1140. The molecule has 3 aromatic rings. The highest BCUT2D eigenvalue weighted by atomic mass is 35.5. The molecule has 0 bridgehead atoms. The normalized spacial score (nSPS) is 16.4. The van der Waals surface area contributed by atoms with Crippen molar-refractivity contribution >= 4 is 32.5 Å². The van der Waals surface area contributed by atoms with E-state index >= 15 is 0 Å². The van der Waals surface area contributed by atoms with Crippen LogP contribution < -0.4 is 0 Å². The molecule has 0 spiro atoms. The minimum Gasteiger partial charge on any atom is -0.296 e. The number of sulfonamides is 1. The molecule has 0 aliphatic carbocycles. The van der Waals surface area contributed by atoms with E-state index in [1.807, 2.05) is 24.0 Å². The van der Waals surface area contributed by atoms with Gasteiger partial charge in [-0.15, -0.1) is 0 Å². The molecule has 0 unspecified atom stereocenters. The zero-order valence-corrected chi connectivity index (χ0v) is 17.5. The smallest absolute Gasteiger partial charge is 0.245 e. The molecule has 1 saturated heterocycles. The molecule has 2 heterocycles. The van der Waals surface area contributed by atoms with Crippen LogP contribution in [0.2, 0.25) is 5.02 Å². The number of rotatable bonds is 4. The number of nitrogens with zero attached hydrogens (tertiary/aromatic N) is 3. The second kappa shape index (κ2) is 7.99. The lowest BCUT2D eigenvalue weighted by molar-refractivity contribution is 0.180. The molecule has 0 radical (unpaired) electrons. The maximum Gasteiger partial charge on any atom is 0.245 e. The van der Waals surface area contributed by atoms with Crippen LogP contribution in [0.25, 0.3) is 10.9 Å². The highest BCUT2D eigenvalue weighted by Crippen LogP contribution is 2.26. The number of aromatic nitrogens is 1. The third-order valence-corrected chi connectivity index (χ3v) is 7.49. The summed E-state index contributed by atoms with van der Waals surface area (Å²) in [6, 6.07) is 11.8. The summed E-state index contributed by atoms with van der Waals surface area (Å²) in [5.74, 6) is -0.343. The first kappa shape index (κ1) is 20.2. The van der Waals surface area contributed by atoms with Crippen LogP contribution in [0.4, 0.5) is 4.39 Å². The Morgan fingerprint density at radius 1 is 1.10 bits per heavy atom. The Morgan fingerprint density at radius 3 is 2.55 bits per heavy atom. The van der Waals surface area contributed by atoms with E-state index in [0.29, 0.717) is 48.8 Å². The minimum atomic E-state index is -3.67. The Morgan fingerprint density at radius 2 is 1.83 bits per heavy atom. The molecule has 8 heteroatoms. The van der Waals surface area contributed by atoms with Gasteiger partial charge in [-0.25, -0.2) is 12.8 Å². The zero-order chi connectivity index (χ0) is 20.6. The van der Waals surface area contributed by atoms with Crippen molar-refractivity contribution in [1.82, 2.24) is 14.2 Å². The second-order valence-electron chi connectivity index (χ2n) is 7.22. The number of hydrogen-bond acceptors (Lipinski definition) is 4. The second-order valence-corrected chi connectivity index (χ2v) is 9.53. The Hall–Kier alpha value is -2.06. The van der Waals surface area contributed by atoms with Gasteiger partial charge < -0.3 is 0 Å². The molecule has 5 nitrogen and oxygen atoms in total. The lowest BCUT2D eigenvalue weighted by Gasteiger charge is -2.34. The van der Waals surface area contributed by atoms with Crippen molar-refractivity contribution in [2.24, 2.45) is 0 Å². The van der Waals surface area contributed by atoms with Gasteiger partial charge in [-0.2, -0.15) is 4.31 Å². The summed E-state index contributed by atoms with van der Waals surface area (Å²) in [4.78, 5) is 6.60. The number of aryl methyl sites for hydroxylation is 1. The van der Waals surface area contributed by atoms with Crippen LogP contribution in [0, 0.1) is 12.7 Å². The standard InChI is InChI=1S/C21H21ClFN3O2S/c1-15-12-16-4-2-7-20(21(16)24-13-15)29(27,28)26-10-8-25(9-11-26)14-17-18(22)5-3-6-19(17)23/h2-7,12-13H,8-11,14H2,1H3. The molecule has 0 atom stereocenters. The Balaban J connectivity index is 1.52. The quantitative estimate of drug-likeness (QED) is 0.627. The van der Waals surface area contributed by atoms with Crippen LogP contribution in [-0.4, -0.2) is 48.8 Å². The summed E-state index contributed by atoms with van der Waals surface area (Å²) < 4.78 is 42.0. The average molecular weight is 434 g/mol.